The molecule has 1 aromatic carbocycles. The lowest BCUT2D eigenvalue weighted by molar-refractivity contribution is 0.102. The number of amides is 1. The molecule has 5 heteroatoms. The third kappa shape index (κ3) is 3.08. The second-order valence-corrected chi connectivity index (χ2v) is 5.41. The van der Waals surface area contributed by atoms with Gasteiger partial charge in [0.05, 0.1) is 5.69 Å². The maximum atomic E-state index is 12.4. The van der Waals surface area contributed by atoms with E-state index in [9.17, 15) is 9.59 Å². The number of nitrogens with zero attached hydrogens (tertiary/aromatic N) is 2. The van der Waals surface area contributed by atoms with Gasteiger partial charge >= 0.3 is 0 Å². The molecule has 0 spiro atoms. The van der Waals surface area contributed by atoms with Crippen molar-refractivity contribution in [2.45, 2.75) is 6.92 Å². The summed E-state index contributed by atoms with van der Waals surface area (Å²) in [4.78, 5) is 23.9. The predicted molar refractivity (Wildman–Crippen MR) is 90.1 cm³/mol. The number of carbonyl (C=O) groups excluding carboxylic acids is 1. The van der Waals surface area contributed by atoms with Crippen molar-refractivity contribution < 1.29 is 4.79 Å². The first-order chi connectivity index (χ1) is 11.0. The molecule has 0 aliphatic heterocycles. The van der Waals surface area contributed by atoms with E-state index in [1.165, 1.54) is 10.6 Å². The average Bonchev–Trinajstić information content (AvgIpc) is 3.07. The Balaban J connectivity index is 1.81. The van der Waals surface area contributed by atoms with E-state index >= 15 is 0 Å². The zero-order chi connectivity index (χ0) is 16.4. The van der Waals surface area contributed by atoms with Crippen LogP contribution in [-0.4, -0.2) is 15.0 Å². The van der Waals surface area contributed by atoms with Gasteiger partial charge < -0.3 is 14.5 Å². The van der Waals surface area contributed by atoms with E-state index in [1.807, 2.05) is 41.2 Å². The van der Waals surface area contributed by atoms with E-state index in [4.69, 9.17) is 0 Å². The van der Waals surface area contributed by atoms with Crippen LogP contribution in [0.3, 0.4) is 0 Å². The van der Waals surface area contributed by atoms with Crippen molar-refractivity contribution >= 4 is 11.6 Å². The van der Waals surface area contributed by atoms with Crippen LogP contribution in [-0.2, 0) is 7.05 Å². The third-order valence-electron chi connectivity index (χ3n) is 3.72. The van der Waals surface area contributed by atoms with Crippen LogP contribution >= 0.6 is 0 Å². The van der Waals surface area contributed by atoms with Crippen LogP contribution in [0.5, 0.6) is 0 Å². The number of nitrogens with one attached hydrogen (secondary N) is 1. The Hall–Kier alpha value is -3.08. The number of anilines is 1. The standard InChI is InChI=1S/C18H17N3O2/c1-13-11-17(22)20(2)12-16(13)19-18(23)14-5-7-15(8-6-14)21-9-3-4-10-21/h3-12H,1-2H3,(H,19,23). The van der Waals surface area contributed by atoms with Crippen LogP contribution in [0, 0.1) is 6.92 Å². The Kier molecular flexibility index (Phi) is 3.85. The van der Waals surface area contributed by atoms with Crippen molar-refractivity contribution in [1.82, 2.24) is 9.13 Å². The Labute approximate surface area is 133 Å². The van der Waals surface area contributed by atoms with E-state index in [0.717, 1.165) is 11.3 Å². The molecule has 5 nitrogen and oxygen atoms in total. The van der Waals surface area contributed by atoms with Crippen molar-refractivity contribution in [3.05, 3.63) is 82.5 Å². The highest BCUT2D eigenvalue weighted by atomic mass is 16.1. The molecule has 116 valence electrons. The minimum absolute atomic E-state index is 0.100. The lowest BCUT2D eigenvalue weighted by Crippen LogP contribution is -2.19. The predicted octanol–water partition coefficient (Wildman–Crippen LogP) is 2.74. The normalized spacial score (nSPS) is 10.5. The minimum Gasteiger partial charge on any atom is -0.324 e. The summed E-state index contributed by atoms with van der Waals surface area (Å²) in [5.74, 6) is -0.203. The van der Waals surface area contributed by atoms with Gasteiger partial charge in [-0.2, -0.15) is 0 Å². The molecule has 1 N–H and O–H groups in total. The van der Waals surface area contributed by atoms with Crippen LogP contribution < -0.4 is 10.9 Å². The molecule has 0 aliphatic carbocycles. The van der Waals surface area contributed by atoms with Crippen LogP contribution in [0.25, 0.3) is 5.69 Å². The Morgan fingerprint density at radius 1 is 1.09 bits per heavy atom. The van der Waals surface area contributed by atoms with Crippen molar-refractivity contribution in [2.75, 3.05) is 5.32 Å². The van der Waals surface area contributed by atoms with E-state index in [0.29, 0.717) is 11.3 Å². The second-order valence-electron chi connectivity index (χ2n) is 5.41. The summed E-state index contributed by atoms with van der Waals surface area (Å²) >= 11 is 0. The van der Waals surface area contributed by atoms with Gasteiger partial charge in [-0.05, 0) is 48.9 Å². The van der Waals surface area contributed by atoms with Crippen molar-refractivity contribution in [3.8, 4) is 5.69 Å². The number of hydrogen-bond donors (Lipinski definition) is 1. The number of aryl methyl sites for hydroxylation is 2. The molecular weight excluding hydrogens is 290 g/mol. The summed E-state index contributed by atoms with van der Waals surface area (Å²) < 4.78 is 3.41. The van der Waals surface area contributed by atoms with Gasteiger partial charge in [-0.25, -0.2) is 0 Å². The fourth-order valence-corrected chi connectivity index (χ4v) is 2.34. The molecule has 0 aliphatic rings. The molecular formula is C18H17N3O2. The van der Waals surface area contributed by atoms with Crippen LogP contribution in [0.4, 0.5) is 5.69 Å². The van der Waals surface area contributed by atoms with Crippen molar-refractivity contribution in [3.63, 3.8) is 0 Å². The van der Waals surface area contributed by atoms with Gasteiger partial charge in [0.15, 0.2) is 0 Å². The summed E-state index contributed by atoms with van der Waals surface area (Å²) in [5.41, 5.74) is 2.83. The van der Waals surface area contributed by atoms with Crippen LogP contribution in [0.2, 0.25) is 0 Å². The monoisotopic (exact) mass is 307 g/mol. The molecule has 23 heavy (non-hydrogen) atoms. The fraction of sp³-hybridized carbons (Fsp3) is 0.111. The minimum atomic E-state index is -0.203. The number of pyridine rings is 1. The van der Waals surface area contributed by atoms with Gasteiger partial charge in [-0.1, -0.05) is 0 Å². The van der Waals surface area contributed by atoms with Gasteiger partial charge in [-0.3, -0.25) is 9.59 Å². The van der Waals surface area contributed by atoms with Gasteiger partial charge in [0.1, 0.15) is 0 Å². The first-order valence-electron chi connectivity index (χ1n) is 7.26. The number of benzene rings is 1. The van der Waals surface area contributed by atoms with E-state index in [2.05, 4.69) is 5.32 Å². The number of carbonyl (C=O) groups is 1. The number of rotatable bonds is 3. The van der Waals surface area contributed by atoms with E-state index in [1.54, 1.807) is 32.3 Å². The zero-order valence-electron chi connectivity index (χ0n) is 13.0. The summed E-state index contributed by atoms with van der Waals surface area (Å²) in [6, 6.07) is 12.7. The van der Waals surface area contributed by atoms with Crippen LogP contribution in [0.1, 0.15) is 15.9 Å². The Morgan fingerprint density at radius 3 is 2.39 bits per heavy atom. The topological polar surface area (TPSA) is 56.0 Å². The highest BCUT2D eigenvalue weighted by Crippen LogP contribution is 2.14. The molecule has 0 saturated carbocycles. The van der Waals surface area contributed by atoms with Crippen LogP contribution in [0.15, 0.2) is 65.8 Å². The quantitative estimate of drug-likeness (QED) is 0.809. The molecule has 2 heterocycles. The molecule has 0 saturated heterocycles. The number of hydrogen-bond acceptors (Lipinski definition) is 2. The smallest absolute Gasteiger partial charge is 0.255 e. The van der Waals surface area contributed by atoms with E-state index in [-0.39, 0.29) is 11.5 Å². The fourth-order valence-electron chi connectivity index (χ4n) is 2.34. The SMILES string of the molecule is Cc1cc(=O)n(C)cc1NC(=O)c1ccc(-n2cccc2)cc1. The van der Waals surface area contributed by atoms with Gasteiger partial charge in [0.2, 0.25) is 0 Å². The summed E-state index contributed by atoms with van der Waals surface area (Å²) in [7, 11) is 1.66. The third-order valence-corrected chi connectivity index (χ3v) is 3.72. The summed E-state index contributed by atoms with van der Waals surface area (Å²) in [6.45, 7) is 1.80. The maximum absolute atomic E-state index is 12.4. The molecule has 3 aromatic rings. The Bertz CT molecular complexity index is 891. The highest BCUT2D eigenvalue weighted by molar-refractivity contribution is 6.04. The largest absolute Gasteiger partial charge is 0.324 e. The first-order valence-corrected chi connectivity index (χ1v) is 7.26. The summed E-state index contributed by atoms with van der Waals surface area (Å²) in [6.07, 6.45) is 5.52. The lowest BCUT2D eigenvalue weighted by atomic mass is 10.1. The van der Waals surface area contributed by atoms with Gasteiger partial charge in [0.25, 0.3) is 11.5 Å². The van der Waals surface area contributed by atoms with E-state index < -0.39 is 0 Å². The molecule has 3 rings (SSSR count). The lowest BCUT2D eigenvalue weighted by Gasteiger charge is -2.10. The van der Waals surface area contributed by atoms with Crippen molar-refractivity contribution in [2.24, 2.45) is 7.05 Å². The first kappa shape index (κ1) is 14.8. The van der Waals surface area contributed by atoms with Gasteiger partial charge in [0, 0.05) is 43.0 Å². The number of aromatic nitrogens is 2. The highest BCUT2D eigenvalue weighted by Gasteiger charge is 2.09. The average molecular weight is 307 g/mol. The van der Waals surface area contributed by atoms with Crippen molar-refractivity contribution in [1.29, 1.82) is 0 Å². The maximum Gasteiger partial charge on any atom is 0.255 e. The molecule has 0 bridgehead atoms. The van der Waals surface area contributed by atoms with Gasteiger partial charge in [-0.15, -0.1) is 0 Å². The summed E-state index contributed by atoms with van der Waals surface area (Å²) in [5, 5.41) is 2.84. The Morgan fingerprint density at radius 2 is 1.74 bits per heavy atom. The molecule has 2 aromatic heterocycles. The zero-order valence-corrected chi connectivity index (χ0v) is 13.0. The molecule has 0 radical (unpaired) electrons. The molecule has 0 fully saturated rings. The molecule has 0 unspecified atom stereocenters. The second kappa shape index (κ2) is 5.96. The molecule has 1 amide bonds. The molecule has 0 atom stereocenters.